The number of benzene rings is 2. The SMILES string of the molecule is CC(C)C[C@H](NC(=O)CNC(=O)c1ccc2ccccc2c1)B(O)O.CCCNC(C)NC. The summed E-state index contributed by atoms with van der Waals surface area (Å²) in [5, 5.41) is 32.1. The molecule has 0 aromatic heterocycles. The van der Waals surface area contributed by atoms with Crippen LogP contribution in [0.5, 0.6) is 0 Å². The van der Waals surface area contributed by atoms with Crippen molar-refractivity contribution in [2.24, 2.45) is 5.92 Å². The molecule has 182 valence electrons. The summed E-state index contributed by atoms with van der Waals surface area (Å²) < 4.78 is 0. The lowest BCUT2D eigenvalue weighted by molar-refractivity contribution is -0.120. The standard InChI is InChI=1S/C18H23BN2O4.C6H16N2/c1-12(2)9-16(19(24)25)21-17(22)11-20-18(23)15-8-7-13-5-3-4-6-14(13)10-15;1-4-5-8-6(2)7-3/h3-8,10,12,16,24-25H,9,11H2,1-2H3,(H,20,23)(H,21,22);6-8H,4-5H2,1-3H3/t16-;/m0./s1. The molecule has 0 aliphatic rings. The van der Waals surface area contributed by atoms with E-state index < -0.39 is 19.0 Å². The molecule has 0 saturated heterocycles. The van der Waals surface area contributed by atoms with Crippen LogP contribution in [-0.2, 0) is 4.79 Å². The van der Waals surface area contributed by atoms with Crippen LogP contribution in [0.15, 0.2) is 42.5 Å². The fraction of sp³-hybridized carbons (Fsp3) is 0.500. The lowest BCUT2D eigenvalue weighted by Gasteiger charge is -2.19. The highest BCUT2D eigenvalue weighted by molar-refractivity contribution is 6.43. The van der Waals surface area contributed by atoms with Gasteiger partial charge in [-0.2, -0.15) is 0 Å². The Morgan fingerprint density at radius 2 is 1.70 bits per heavy atom. The summed E-state index contributed by atoms with van der Waals surface area (Å²) in [4.78, 5) is 24.1. The minimum atomic E-state index is -1.64. The Balaban J connectivity index is 0.000000582. The highest BCUT2D eigenvalue weighted by Crippen LogP contribution is 2.15. The molecule has 0 fully saturated rings. The third-order valence-electron chi connectivity index (χ3n) is 4.99. The molecular weight excluding hydrogens is 419 g/mol. The molecular formula is C24H39BN4O4. The smallest absolute Gasteiger partial charge is 0.426 e. The van der Waals surface area contributed by atoms with Crippen molar-refractivity contribution in [3.63, 3.8) is 0 Å². The molecule has 2 atom stereocenters. The van der Waals surface area contributed by atoms with Crippen LogP contribution in [0.1, 0.15) is 50.9 Å². The monoisotopic (exact) mass is 458 g/mol. The molecule has 2 rings (SSSR count). The second-order valence-corrected chi connectivity index (χ2v) is 8.43. The van der Waals surface area contributed by atoms with E-state index in [2.05, 4.69) is 35.1 Å². The Labute approximate surface area is 197 Å². The molecule has 1 unspecified atom stereocenters. The number of rotatable bonds is 11. The van der Waals surface area contributed by atoms with Crippen molar-refractivity contribution in [3.05, 3.63) is 48.0 Å². The van der Waals surface area contributed by atoms with Crippen molar-refractivity contribution in [1.29, 1.82) is 0 Å². The maximum atomic E-state index is 12.2. The van der Waals surface area contributed by atoms with Crippen LogP contribution in [0.4, 0.5) is 0 Å². The molecule has 0 radical (unpaired) electrons. The topological polar surface area (TPSA) is 123 Å². The maximum Gasteiger partial charge on any atom is 0.475 e. The van der Waals surface area contributed by atoms with Crippen LogP contribution in [0, 0.1) is 5.92 Å². The van der Waals surface area contributed by atoms with Crippen molar-refractivity contribution in [1.82, 2.24) is 21.3 Å². The van der Waals surface area contributed by atoms with Crippen LogP contribution in [0.2, 0.25) is 0 Å². The predicted octanol–water partition coefficient (Wildman–Crippen LogP) is 1.66. The number of fused-ring (bicyclic) bond motifs is 1. The fourth-order valence-electron chi connectivity index (χ4n) is 3.08. The largest absolute Gasteiger partial charge is 0.475 e. The number of hydrogen-bond acceptors (Lipinski definition) is 6. The summed E-state index contributed by atoms with van der Waals surface area (Å²) in [6, 6.07) is 13.0. The van der Waals surface area contributed by atoms with Crippen LogP contribution in [0.25, 0.3) is 10.8 Å². The Kier molecular flexibility index (Phi) is 13.3. The zero-order chi connectivity index (χ0) is 24.8. The van der Waals surface area contributed by atoms with Crippen molar-refractivity contribution in [2.45, 2.75) is 52.6 Å². The molecule has 9 heteroatoms. The van der Waals surface area contributed by atoms with Crippen molar-refractivity contribution in [3.8, 4) is 0 Å². The van der Waals surface area contributed by atoms with Gasteiger partial charge in [-0.05, 0) is 62.2 Å². The van der Waals surface area contributed by atoms with E-state index in [9.17, 15) is 19.6 Å². The molecule has 0 spiro atoms. The van der Waals surface area contributed by atoms with Gasteiger partial charge in [-0.25, -0.2) is 0 Å². The van der Waals surface area contributed by atoms with Gasteiger partial charge in [-0.15, -0.1) is 0 Å². The van der Waals surface area contributed by atoms with Crippen LogP contribution < -0.4 is 21.3 Å². The Bertz CT molecular complexity index is 863. The van der Waals surface area contributed by atoms with Gasteiger partial charge in [-0.1, -0.05) is 51.1 Å². The molecule has 0 aliphatic carbocycles. The fourth-order valence-corrected chi connectivity index (χ4v) is 3.08. The average molecular weight is 458 g/mol. The first kappa shape index (κ1) is 28.6. The van der Waals surface area contributed by atoms with Gasteiger partial charge in [0.25, 0.3) is 5.91 Å². The van der Waals surface area contributed by atoms with E-state index in [1.165, 1.54) is 6.42 Å². The van der Waals surface area contributed by atoms with E-state index in [0.29, 0.717) is 18.2 Å². The van der Waals surface area contributed by atoms with Gasteiger partial charge < -0.3 is 31.3 Å². The van der Waals surface area contributed by atoms with E-state index in [0.717, 1.165) is 17.3 Å². The van der Waals surface area contributed by atoms with Gasteiger partial charge >= 0.3 is 7.12 Å². The molecule has 33 heavy (non-hydrogen) atoms. The zero-order valence-corrected chi connectivity index (χ0v) is 20.4. The summed E-state index contributed by atoms with van der Waals surface area (Å²) in [5.41, 5.74) is 0.465. The normalized spacial score (nSPS) is 12.5. The highest BCUT2D eigenvalue weighted by Gasteiger charge is 2.26. The molecule has 8 nitrogen and oxygen atoms in total. The number of hydrogen-bond donors (Lipinski definition) is 6. The van der Waals surface area contributed by atoms with Gasteiger partial charge in [-0.3, -0.25) is 9.59 Å². The molecule has 0 aliphatic heterocycles. The maximum absolute atomic E-state index is 12.2. The molecule has 0 heterocycles. The predicted molar refractivity (Wildman–Crippen MR) is 135 cm³/mol. The lowest BCUT2D eigenvalue weighted by Crippen LogP contribution is -2.50. The van der Waals surface area contributed by atoms with Crippen LogP contribution in [0.3, 0.4) is 0 Å². The van der Waals surface area contributed by atoms with Crippen LogP contribution in [-0.4, -0.2) is 61.2 Å². The number of carbonyl (C=O) groups is 2. The second-order valence-electron chi connectivity index (χ2n) is 8.43. The van der Waals surface area contributed by atoms with E-state index in [-0.39, 0.29) is 18.4 Å². The summed E-state index contributed by atoms with van der Waals surface area (Å²) in [5.74, 6) is -1.39. The summed E-state index contributed by atoms with van der Waals surface area (Å²) >= 11 is 0. The van der Waals surface area contributed by atoms with Crippen molar-refractivity contribution in [2.75, 3.05) is 20.1 Å². The lowest BCUT2D eigenvalue weighted by atomic mass is 9.75. The van der Waals surface area contributed by atoms with E-state index in [1.807, 2.05) is 51.2 Å². The molecule has 2 aromatic rings. The van der Waals surface area contributed by atoms with Gasteiger partial charge in [0.1, 0.15) is 0 Å². The third-order valence-corrected chi connectivity index (χ3v) is 4.99. The first-order valence-corrected chi connectivity index (χ1v) is 11.5. The highest BCUT2D eigenvalue weighted by atomic mass is 16.4. The molecule has 6 N–H and O–H groups in total. The van der Waals surface area contributed by atoms with E-state index in [1.54, 1.807) is 12.1 Å². The van der Waals surface area contributed by atoms with Gasteiger partial charge in [0.2, 0.25) is 5.91 Å². The van der Waals surface area contributed by atoms with Crippen LogP contribution >= 0.6 is 0 Å². The van der Waals surface area contributed by atoms with Gasteiger partial charge in [0.05, 0.1) is 18.7 Å². The second kappa shape index (κ2) is 15.4. The zero-order valence-electron chi connectivity index (χ0n) is 20.4. The Hall–Kier alpha value is -2.46. The average Bonchev–Trinajstić information content (AvgIpc) is 2.80. The van der Waals surface area contributed by atoms with E-state index >= 15 is 0 Å². The Morgan fingerprint density at radius 1 is 1.03 bits per heavy atom. The summed E-state index contributed by atoms with van der Waals surface area (Å²) in [6.07, 6.45) is 2.09. The minimum Gasteiger partial charge on any atom is -0.426 e. The minimum absolute atomic E-state index is 0.194. The van der Waals surface area contributed by atoms with Gasteiger partial charge in [0, 0.05) is 5.56 Å². The summed E-state index contributed by atoms with van der Waals surface area (Å²) in [7, 11) is 0.315. The van der Waals surface area contributed by atoms with Crippen molar-refractivity contribution < 1.29 is 19.6 Å². The number of amides is 2. The molecule has 2 aromatic carbocycles. The number of nitrogens with one attached hydrogen (secondary N) is 4. The Morgan fingerprint density at radius 3 is 2.27 bits per heavy atom. The first-order valence-electron chi connectivity index (χ1n) is 11.5. The number of carbonyl (C=O) groups excluding carboxylic acids is 2. The van der Waals surface area contributed by atoms with E-state index in [4.69, 9.17) is 0 Å². The summed E-state index contributed by atoms with van der Waals surface area (Å²) in [6.45, 7) is 8.98. The van der Waals surface area contributed by atoms with Gasteiger partial charge in [0.15, 0.2) is 0 Å². The van der Waals surface area contributed by atoms with Crippen molar-refractivity contribution >= 4 is 29.7 Å². The third kappa shape index (κ3) is 11.3. The molecule has 0 bridgehead atoms. The first-order chi connectivity index (χ1) is 15.7. The quantitative estimate of drug-likeness (QED) is 0.225. The molecule has 0 saturated carbocycles. The molecule has 2 amide bonds.